The van der Waals surface area contributed by atoms with Crippen molar-refractivity contribution in [3.8, 4) is 0 Å². The Kier molecular flexibility index (Phi) is 6.53. The second kappa shape index (κ2) is 8.63. The molecule has 4 heteroatoms. The fourth-order valence-electron chi connectivity index (χ4n) is 2.33. The maximum atomic E-state index is 12.2. The zero-order chi connectivity index (χ0) is 16.7. The molecule has 23 heavy (non-hydrogen) atoms. The summed E-state index contributed by atoms with van der Waals surface area (Å²) in [5, 5.41) is 2.79. The van der Waals surface area contributed by atoms with Gasteiger partial charge in [-0.2, -0.15) is 0 Å². The maximum absolute atomic E-state index is 12.2. The number of rotatable bonds is 7. The number of amides is 1. The Morgan fingerprint density at radius 2 is 1.96 bits per heavy atom. The van der Waals surface area contributed by atoms with Crippen molar-refractivity contribution < 1.29 is 9.59 Å². The van der Waals surface area contributed by atoms with E-state index in [0.717, 1.165) is 29.2 Å². The topological polar surface area (TPSA) is 46.2 Å². The molecule has 120 valence electrons. The first-order valence-corrected chi connectivity index (χ1v) is 8.45. The summed E-state index contributed by atoms with van der Waals surface area (Å²) < 4.78 is 0.886. The molecule has 0 spiro atoms. The highest BCUT2D eigenvalue weighted by atomic mass is 79.9. The van der Waals surface area contributed by atoms with Crippen LogP contribution in [0.1, 0.15) is 34.3 Å². The first-order valence-electron chi connectivity index (χ1n) is 7.66. The second-order valence-corrected chi connectivity index (χ2v) is 6.41. The second-order valence-electron chi connectivity index (χ2n) is 5.56. The Balaban J connectivity index is 1.87. The molecule has 0 aliphatic rings. The van der Waals surface area contributed by atoms with Crippen molar-refractivity contribution in [2.24, 2.45) is 0 Å². The summed E-state index contributed by atoms with van der Waals surface area (Å²) in [7, 11) is 0. The molecule has 1 amide bonds. The molecule has 2 aromatic carbocycles. The third-order valence-corrected chi connectivity index (χ3v) is 4.59. The van der Waals surface area contributed by atoms with Gasteiger partial charge < -0.3 is 10.1 Å². The van der Waals surface area contributed by atoms with Crippen LogP contribution < -0.4 is 5.32 Å². The van der Waals surface area contributed by atoms with Crippen LogP contribution in [0.5, 0.6) is 0 Å². The largest absolute Gasteiger partial charge is 0.343 e. The molecule has 0 heterocycles. The van der Waals surface area contributed by atoms with Crippen LogP contribution >= 0.6 is 15.9 Å². The molecule has 2 aromatic rings. The lowest BCUT2D eigenvalue weighted by Crippen LogP contribution is -2.36. The third kappa shape index (κ3) is 5.32. The van der Waals surface area contributed by atoms with Crippen LogP contribution in [0.25, 0.3) is 0 Å². The van der Waals surface area contributed by atoms with E-state index in [1.165, 1.54) is 5.56 Å². The van der Waals surface area contributed by atoms with Gasteiger partial charge in [0.25, 0.3) is 5.91 Å². The minimum Gasteiger partial charge on any atom is -0.343 e. The number of carbonyl (C=O) groups excluding carboxylic acids is 2. The molecule has 2 rings (SSSR count). The van der Waals surface area contributed by atoms with E-state index in [4.69, 9.17) is 0 Å². The molecule has 3 nitrogen and oxygen atoms in total. The number of hydrogen-bond acceptors (Lipinski definition) is 2. The van der Waals surface area contributed by atoms with E-state index in [9.17, 15) is 9.59 Å². The molecule has 0 saturated heterocycles. The molecule has 1 atom stereocenters. The van der Waals surface area contributed by atoms with Gasteiger partial charge in [0.2, 0.25) is 0 Å². The SMILES string of the molecule is Cc1ccc(C(=O)N[C@@H](C=O)CCCc2ccccc2)cc1Br. The predicted octanol–water partition coefficient (Wildman–Crippen LogP) is 4.08. The number of benzene rings is 2. The molecule has 0 radical (unpaired) electrons. The normalized spacial score (nSPS) is 11.7. The van der Waals surface area contributed by atoms with Crippen LogP contribution in [0.2, 0.25) is 0 Å². The van der Waals surface area contributed by atoms with Gasteiger partial charge in [-0.15, -0.1) is 0 Å². The number of nitrogens with one attached hydrogen (secondary N) is 1. The maximum Gasteiger partial charge on any atom is 0.251 e. The first kappa shape index (κ1) is 17.4. The van der Waals surface area contributed by atoms with Gasteiger partial charge in [-0.25, -0.2) is 0 Å². The lowest BCUT2D eigenvalue weighted by molar-refractivity contribution is -0.109. The van der Waals surface area contributed by atoms with Gasteiger partial charge in [-0.3, -0.25) is 4.79 Å². The zero-order valence-corrected chi connectivity index (χ0v) is 14.7. The van der Waals surface area contributed by atoms with Crippen molar-refractivity contribution in [3.63, 3.8) is 0 Å². The van der Waals surface area contributed by atoms with Gasteiger partial charge in [0.15, 0.2) is 0 Å². The van der Waals surface area contributed by atoms with Gasteiger partial charge in [0.1, 0.15) is 6.29 Å². The van der Waals surface area contributed by atoms with Gasteiger partial charge in [0, 0.05) is 10.0 Å². The highest BCUT2D eigenvalue weighted by Gasteiger charge is 2.13. The van der Waals surface area contributed by atoms with Crippen molar-refractivity contribution in [3.05, 3.63) is 69.7 Å². The third-order valence-electron chi connectivity index (χ3n) is 3.74. The van der Waals surface area contributed by atoms with E-state index in [1.807, 2.05) is 31.2 Å². The smallest absolute Gasteiger partial charge is 0.251 e. The highest BCUT2D eigenvalue weighted by molar-refractivity contribution is 9.10. The minimum atomic E-state index is -0.453. The molecule has 1 N–H and O–H groups in total. The summed E-state index contributed by atoms with van der Waals surface area (Å²) in [6.07, 6.45) is 3.20. The van der Waals surface area contributed by atoms with Crippen LogP contribution in [0.4, 0.5) is 0 Å². The minimum absolute atomic E-state index is 0.220. The van der Waals surface area contributed by atoms with E-state index in [0.29, 0.717) is 12.0 Å². The summed E-state index contributed by atoms with van der Waals surface area (Å²) in [6, 6.07) is 15.1. The van der Waals surface area contributed by atoms with Crippen LogP contribution in [-0.2, 0) is 11.2 Å². The molecular weight excluding hydrogens is 354 g/mol. The Labute approximate surface area is 145 Å². The molecule has 0 unspecified atom stereocenters. The zero-order valence-electron chi connectivity index (χ0n) is 13.1. The summed E-state index contributed by atoms with van der Waals surface area (Å²) in [6.45, 7) is 1.96. The average Bonchev–Trinajstić information content (AvgIpc) is 2.57. The van der Waals surface area contributed by atoms with E-state index in [2.05, 4.69) is 33.4 Å². The summed E-state index contributed by atoms with van der Waals surface area (Å²) in [5.74, 6) is -0.220. The molecule has 0 aliphatic heterocycles. The number of aldehydes is 1. The number of halogens is 1. The van der Waals surface area contributed by atoms with Crippen molar-refractivity contribution >= 4 is 28.1 Å². The number of hydrogen-bond donors (Lipinski definition) is 1. The summed E-state index contributed by atoms with van der Waals surface area (Å²) in [5.41, 5.74) is 2.86. The van der Waals surface area contributed by atoms with Crippen LogP contribution in [0.3, 0.4) is 0 Å². The molecule has 0 bridgehead atoms. The number of carbonyl (C=O) groups is 2. The summed E-state index contributed by atoms with van der Waals surface area (Å²) >= 11 is 3.42. The molecular formula is C19H20BrNO2. The fraction of sp³-hybridized carbons (Fsp3) is 0.263. The first-order chi connectivity index (χ1) is 11.1. The van der Waals surface area contributed by atoms with Gasteiger partial charge in [-0.05, 0) is 49.4 Å². The Hall–Kier alpha value is -1.94. The highest BCUT2D eigenvalue weighted by Crippen LogP contribution is 2.17. The molecule has 0 fully saturated rings. The van der Waals surface area contributed by atoms with Gasteiger partial charge in [0.05, 0.1) is 6.04 Å². The van der Waals surface area contributed by atoms with Crippen LogP contribution in [0, 0.1) is 6.92 Å². The quantitative estimate of drug-likeness (QED) is 0.743. The average molecular weight is 374 g/mol. The van der Waals surface area contributed by atoms with E-state index in [1.54, 1.807) is 12.1 Å². The lowest BCUT2D eigenvalue weighted by atomic mass is 10.0. The van der Waals surface area contributed by atoms with Crippen LogP contribution in [-0.4, -0.2) is 18.2 Å². The number of aryl methyl sites for hydroxylation is 2. The van der Waals surface area contributed by atoms with Crippen molar-refractivity contribution in [1.29, 1.82) is 0 Å². The fourth-order valence-corrected chi connectivity index (χ4v) is 2.71. The Morgan fingerprint density at radius 1 is 1.22 bits per heavy atom. The monoisotopic (exact) mass is 373 g/mol. The molecule has 0 aromatic heterocycles. The Morgan fingerprint density at radius 3 is 2.61 bits per heavy atom. The van der Waals surface area contributed by atoms with Gasteiger partial charge >= 0.3 is 0 Å². The predicted molar refractivity (Wildman–Crippen MR) is 95.6 cm³/mol. The van der Waals surface area contributed by atoms with Crippen LogP contribution in [0.15, 0.2) is 53.0 Å². The van der Waals surface area contributed by atoms with E-state index < -0.39 is 6.04 Å². The standard InChI is InChI=1S/C19H20BrNO2/c1-14-10-11-16(12-18(14)20)19(23)21-17(13-22)9-5-8-15-6-3-2-4-7-15/h2-4,6-7,10-13,17H,5,8-9H2,1H3,(H,21,23)/t17-/m1/s1. The van der Waals surface area contributed by atoms with Crippen molar-refractivity contribution in [2.45, 2.75) is 32.2 Å². The lowest BCUT2D eigenvalue weighted by Gasteiger charge is -2.13. The van der Waals surface area contributed by atoms with E-state index >= 15 is 0 Å². The summed E-state index contributed by atoms with van der Waals surface area (Å²) in [4.78, 5) is 23.4. The molecule has 0 aliphatic carbocycles. The van der Waals surface area contributed by atoms with Gasteiger partial charge in [-0.1, -0.05) is 52.3 Å². The molecule has 0 saturated carbocycles. The van der Waals surface area contributed by atoms with Crippen molar-refractivity contribution in [1.82, 2.24) is 5.32 Å². The van der Waals surface area contributed by atoms with Crippen molar-refractivity contribution in [2.75, 3.05) is 0 Å². The van der Waals surface area contributed by atoms with E-state index in [-0.39, 0.29) is 5.91 Å². The Bertz CT molecular complexity index is 670.